The maximum Gasteiger partial charge on any atom is 0.316 e. The maximum atomic E-state index is 5.64. The lowest BCUT2D eigenvalue weighted by molar-refractivity contribution is 0.279. The first-order chi connectivity index (χ1) is 10.2. The lowest BCUT2D eigenvalue weighted by atomic mass is 10.2. The molecule has 0 saturated heterocycles. The minimum atomic E-state index is 0.426. The fourth-order valence-corrected chi connectivity index (χ4v) is 2.11. The molecule has 0 radical (unpaired) electrons. The second-order valence-electron chi connectivity index (χ2n) is 4.86. The van der Waals surface area contributed by atoms with Crippen molar-refractivity contribution in [3.05, 3.63) is 51.8 Å². The number of nitrogens with zero attached hydrogens (tertiary/aromatic N) is 2. The Balaban J connectivity index is 1.92. The molecule has 0 saturated carbocycles. The third kappa shape index (κ3) is 5.10. The summed E-state index contributed by atoms with van der Waals surface area (Å²) in [6.07, 6.45) is 2.95. The van der Waals surface area contributed by atoms with Crippen LogP contribution in [0.25, 0.3) is 0 Å². The zero-order chi connectivity index (χ0) is 15.1. The highest BCUT2D eigenvalue weighted by atomic mass is 79.9. The summed E-state index contributed by atoms with van der Waals surface area (Å²) in [6, 6.07) is 8.44. The van der Waals surface area contributed by atoms with Gasteiger partial charge in [-0.1, -0.05) is 35.0 Å². The Morgan fingerprint density at radius 1 is 1.24 bits per heavy atom. The topological polar surface area (TPSA) is 47.0 Å². The van der Waals surface area contributed by atoms with Gasteiger partial charge in [0, 0.05) is 28.5 Å². The van der Waals surface area contributed by atoms with Crippen LogP contribution >= 0.6 is 15.9 Å². The van der Waals surface area contributed by atoms with E-state index in [9.17, 15) is 0 Å². The molecule has 0 aliphatic rings. The Hall–Kier alpha value is -1.46. The van der Waals surface area contributed by atoms with Crippen molar-refractivity contribution in [2.45, 2.75) is 33.4 Å². The van der Waals surface area contributed by atoms with E-state index >= 15 is 0 Å². The van der Waals surface area contributed by atoms with E-state index in [1.54, 1.807) is 0 Å². The quantitative estimate of drug-likeness (QED) is 0.775. The van der Waals surface area contributed by atoms with Gasteiger partial charge in [0.1, 0.15) is 6.61 Å². The zero-order valence-corrected chi connectivity index (χ0v) is 14.0. The van der Waals surface area contributed by atoms with Crippen molar-refractivity contribution in [2.75, 3.05) is 6.54 Å². The molecule has 0 aliphatic carbocycles. The summed E-state index contributed by atoms with van der Waals surface area (Å²) in [7, 11) is 0. The van der Waals surface area contributed by atoms with Crippen LogP contribution in [0.1, 0.15) is 30.2 Å². The average Bonchev–Trinajstić information content (AvgIpc) is 2.49. The number of aryl methyl sites for hydroxylation is 1. The van der Waals surface area contributed by atoms with E-state index in [0.717, 1.165) is 40.8 Å². The van der Waals surface area contributed by atoms with Crippen LogP contribution in [0.5, 0.6) is 6.01 Å². The summed E-state index contributed by atoms with van der Waals surface area (Å²) in [4.78, 5) is 8.67. The van der Waals surface area contributed by atoms with E-state index in [0.29, 0.717) is 12.6 Å². The van der Waals surface area contributed by atoms with Gasteiger partial charge in [0.05, 0.1) is 0 Å². The summed E-state index contributed by atoms with van der Waals surface area (Å²) in [6.45, 7) is 6.40. The number of hydrogen-bond acceptors (Lipinski definition) is 4. The van der Waals surface area contributed by atoms with Crippen LogP contribution in [-0.2, 0) is 13.2 Å². The summed E-state index contributed by atoms with van der Waals surface area (Å²) >= 11 is 3.41. The van der Waals surface area contributed by atoms with E-state index < -0.39 is 0 Å². The molecule has 1 aromatic carbocycles. The van der Waals surface area contributed by atoms with Crippen LogP contribution < -0.4 is 10.1 Å². The van der Waals surface area contributed by atoms with Gasteiger partial charge in [-0.05, 0) is 37.6 Å². The van der Waals surface area contributed by atoms with Gasteiger partial charge in [-0.15, -0.1) is 0 Å². The van der Waals surface area contributed by atoms with Gasteiger partial charge in [-0.25, -0.2) is 9.97 Å². The number of aromatic nitrogens is 2. The Labute approximate surface area is 134 Å². The van der Waals surface area contributed by atoms with Crippen LogP contribution in [0.3, 0.4) is 0 Å². The highest BCUT2D eigenvalue weighted by molar-refractivity contribution is 9.10. The molecule has 5 heteroatoms. The van der Waals surface area contributed by atoms with Crippen molar-refractivity contribution >= 4 is 15.9 Å². The van der Waals surface area contributed by atoms with Crippen LogP contribution in [0, 0.1) is 6.92 Å². The van der Waals surface area contributed by atoms with Gasteiger partial charge in [0.25, 0.3) is 0 Å². The molecule has 0 amide bonds. The van der Waals surface area contributed by atoms with Crippen molar-refractivity contribution in [1.29, 1.82) is 0 Å². The van der Waals surface area contributed by atoms with Crippen LogP contribution in [0.15, 0.2) is 34.9 Å². The summed E-state index contributed by atoms with van der Waals surface area (Å²) in [5, 5.41) is 3.35. The van der Waals surface area contributed by atoms with E-state index in [2.05, 4.69) is 38.1 Å². The minimum absolute atomic E-state index is 0.426. The summed E-state index contributed by atoms with van der Waals surface area (Å²) < 4.78 is 6.69. The van der Waals surface area contributed by atoms with Crippen LogP contribution in [0.4, 0.5) is 0 Å². The number of benzene rings is 1. The predicted molar refractivity (Wildman–Crippen MR) is 87.2 cm³/mol. The molecular weight excluding hydrogens is 330 g/mol. The van der Waals surface area contributed by atoms with E-state index in [-0.39, 0.29) is 0 Å². The fraction of sp³-hybridized carbons (Fsp3) is 0.375. The number of nitrogens with one attached hydrogen (secondary N) is 1. The van der Waals surface area contributed by atoms with E-state index in [4.69, 9.17) is 4.74 Å². The molecule has 2 aromatic rings. The first-order valence-corrected chi connectivity index (χ1v) is 7.89. The molecule has 0 aliphatic heterocycles. The van der Waals surface area contributed by atoms with Crippen molar-refractivity contribution in [1.82, 2.24) is 15.3 Å². The number of rotatable bonds is 7. The molecule has 0 fully saturated rings. The fourth-order valence-electron chi connectivity index (χ4n) is 1.84. The highest BCUT2D eigenvalue weighted by Gasteiger charge is 2.04. The SMILES string of the molecule is CCCNCc1cnc(OCc2ccc(Br)cc2)nc1C. The Morgan fingerprint density at radius 2 is 2.00 bits per heavy atom. The van der Waals surface area contributed by atoms with Gasteiger partial charge < -0.3 is 10.1 Å². The molecule has 1 aromatic heterocycles. The molecule has 1 N–H and O–H groups in total. The normalized spacial score (nSPS) is 10.6. The second kappa shape index (κ2) is 8.10. The zero-order valence-electron chi connectivity index (χ0n) is 12.4. The average molecular weight is 350 g/mol. The molecule has 0 bridgehead atoms. The lowest BCUT2D eigenvalue weighted by Gasteiger charge is -2.09. The standard InChI is InChI=1S/C16H20BrN3O/c1-3-8-18-9-14-10-19-16(20-12(14)2)21-11-13-4-6-15(17)7-5-13/h4-7,10,18H,3,8-9,11H2,1-2H3. The number of hydrogen-bond donors (Lipinski definition) is 1. The monoisotopic (exact) mass is 349 g/mol. The van der Waals surface area contributed by atoms with E-state index in [1.807, 2.05) is 37.4 Å². The first kappa shape index (κ1) is 15.9. The molecule has 0 atom stereocenters. The van der Waals surface area contributed by atoms with Crippen molar-refractivity contribution in [2.24, 2.45) is 0 Å². The maximum absolute atomic E-state index is 5.64. The van der Waals surface area contributed by atoms with E-state index in [1.165, 1.54) is 0 Å². The molecule has 1 heterocycles. The Kier molecular flexibility index (Phi) is 6.14. The predicted octanol–water partition coefficient (Wildman–Crippen LogP) is 3.63. The Bertz CT molecular complexity index is 572. The van der Waals surface area contributed by atoms with Crippen LogP contribution in [-0.4, -0.2) is 16.5 Å². The smallest absolute Gasteiger partial charge is 0.316 e. The van der Waals surface area contributed by atoms with Crippen molar-refractivity contribution in [3.63, 3.8) is 0 Å². The highest BCUT2D eigenvalue weighted by Crippen LogP contribution is 2.13. The molecule has 21 heavy (non-hydrogen) atoms. The lowest BCUT2D eigenvalue weighted by Crippen LogP contribution is -2.15. The first-order valence-electron chi connectivity index (χ1n) is 7.09. The summed E-state index contributed by atoms with van der Waals surface area (Å²) in [5.41, 5.74) is 3.16. The molecule has 0 unspecified atom stereocenters. The number of ether oxygens (including phenoxy) is 1. The minimum Gasteiger partial charge on any atom is -0.459 e. The van der Waals surface area contributed by atoms with Crippen molar-refractivity contribution in [3.8, 4) is 6.01 Å². The van der Waals surface area contributed by atoms with Gasteiger partial charge in [0.2, 0.25) is 0 Å². The largest absolute Gasteiger partial charge is 0.459 e. The molecule has 4 nitrogen and oxygen atoms in total. The van der Waals surface area contributed by atoms with Crippen LogP contribution in [0.2, 0.25) is 0 Å². The van der Waals surface area contributed by atoms with Gasteiger partial charge >= 0.3 is 6.01 Å². The Morgan fingerprint density at radius 3 is 2.67 bits per heavy atom. The third-order valence-corrected chi connectivity index (χ3v) is 3.61. The summed E-state index contributed by atoms with van der Waals surface area (Å²) in [5.74, 6) is 0. The van der Waals surface area contributed by atoms with Gasteiger partial charge in [-0.2, -0.15) is 0 Å². The number of halogens is 1. The molecule has 2 rings (SSSR count). The van der Waals surface area contributed by atoms with Gasteiger partial charge in [-0.3, -0.25) is 0 Å². The third-order valence-electron chi connectivity index (χ3n) is 3.08. The van der Waals surface area contributed by atoms with Crippen molar-refractivity contribution < 1.29 is 4.74 Å². The molecular formula is C16H20BrN3O. The second-order valence-corrected chi connectivity index (χ2v) is 5.77. The molecule has 0 spiro atoms. The van der Waals surface area contributed by atoms with Gasteiger partial charge in [0.15, 0.2) is 0 Å². The molecule has 112 valence electrons.